The van der Waals surface area contributed by atoms with Crippen molar-refractivity contribution in [3.63, 3.8) is 0 Å². The Balaban J connectivity index is 1.46. The summed E-state index contributed by atoms with van der Waals surface area (Å²) in [5.41, 5.74) is 0.325. The van der Waals surface area contributed by atoms with Crippen molar-refractivity contribution in [2.75, 3.05) is 29.5 Å². The second-order valence-electron chi connectivity index (χ2n) is 5.76. The van der Waals surface area contributed by atoms with Crippen LogP contribution in [0, 0.1) is 0 Å². The molecule has 0 aliphatic carbocycles. The van der Waals surface area contributed by atoms with Gasteiger partial charge >= 0.3 is 0 Å². The fourth-order valence-electron chi connectivity index (χ4n) is 2.68. The summed E-state index contributed by atoms with van der Waals surface area (Å²) in [6.07, 6.45) is 6.36. The minimum absolute atomic E-state index is 0.262. The van der Waals surface area contributed by atoms with Crippen molar-refractivity contribution >= 4 is 23.5 Å². The van der Waals surface area contributed by atoms with E-state index in [-0.39, 0.29) is 5.91 Å². The van der Waals surface area contributed by atoms with Crippen LogP contribution in [0.2, 0.25) is 0 Å². The second kappa shape index (κ2) is 7.61. The quantitative estimate of drug-likeness (QED) is 0.732. The van der Waals surface area contributed by atoms with Gasteiger partial charge in [0.15, 0.2) is 0 Å². The van der Waals surface area contributed by atoms with Gasteiger partial charge in [-0.1, -0.05) is 0 Å². The molecule has 1 saturated heterocycles. The Kier molecular flexibility index (Phi) is 4.87. The predicted octanol–water partition coefficient (Wildman–Crippen LogP) is 1.74. The van der Waals surface area contributed by atoms with E-state index in [2.05, 4.69) is 25.2 Å². The minimum atomic E-state index is -0.262. The molecule has 0 aromatic carbocycles. The van der Waals surface area contributed by atoms with Gasteiger partial charge in [0.05, 0.1) is 12.8 Å². The van der Waals surface area contributed by atoms with Crippen molar-refractivity contribution < 1.29 is 9.21 Å². The maximum absolute atomic E-state index is 12.2. The molecule has 1 fully saturated rings. The molecule has 8 nitrogen and oxygen atoms in total. The number of amides is 1. The Morgan fingerprint density at radius 2 is 2.08 bits per heavy atom. The molecule has 134 valence electrons. The molecule has 0 saturated carbocycles. The van der Waals surface area contributed by atoms with Crippen molar-refractivity contribution in [1.82, 2.24) is 24.8 Å². The van der Waals surface area contributed by atoms with Crippen LogP contribution in [0.25, 0.3) is 5.82 Å². The van der Waals surface area contributed by atoms with Crippen LogP contribution >= 0.6 is 11.8 Å². The fourth-order valence-corrected chi connectivity index (χ4v) is 3.58. The lowest BCUT2D eigenvalue weighted by molar-refractivity contribution is 0.0943. The molecule has 26 heavy (non-hydrogen) atoms. The number of imidazole rings is 1. The summed E-state index contributed by atoms with van der Waals surface area (Å²) in [5.74, 6) is 4.22. The summed E-state index contributed by atoms with van der Waals surface area (Å²) < 4.78 is 6.93. The Labute approximate surface area is 154 Å². The van der Waals surface area contributed by atoms with Crippen LogP contribution in [0.15, 0.2) is 47.7 Å². The van der Waals surface area contributed by atoms with Crippen LogP contribution < -0.4 is 10.2 Å². The average Bonchev–Trinajstić information content (AvgIpc) is 3.39. The van der Waals surface area contributed by atoms with Crippen molar-refractivity contribution in [2.45, 2.75) is 6.54 Å². The van der Waals surface area contributed by atoms with E-state index in [0.717, 1.165) is 30.4 Å². The third-order valence-corrected chi connectivity index (χ3v) is 5.00. The summed E-state index contributed by atoms with van der Waals surface area (Å²) in [5, 5.41) is 2.78. The van der Waals surface area contributed by atoms with Crippen molar-refractivity contribution in [3.05, 3.63) is 54.8 Å². The lowest BCUT2D eigenvalue weighted by Gasteiger charge is -2.27. The lowest BCUT2D eigenvalue weighted by Crippen LogP contribution is -2.33. The Morgan fingerprint density at radius 3 is 2.88 bits per heavy atom. The molecule has 1 aliphatic heterocycles. The largest absolute Gasteiger partial charge is 0.467 e. The molecule has 9 heteroatoms. The summed E-state index contributed by atoms with van der Waals surface area (Å²) in [7, 11) is 0. The van der Waals surface area contributed by atoms with Gasteiger partial charge in [-0.2, -0.15) is 11.8 Å². The Morgan fingerprint density at radius 1 is 1.23 bits per heavy atom. The van der Waals surface area contributed by atoms with Gasteiger partial charge in [0.25, 0.3) is 5.91 Å². The van der Waals surface area contributed by atoms with Crippen LogP contribution in [-0.2, 0) is 6.54 Å². The van der Waals surface area contributed by atoms with Gasteiger partial charge in [0, 0.05) is 36.9 Å². The number of carbonyl (C=O) groups is 1. The van der Waals surface area contributed by atoms with E-state index in [1.165, 1.54) is 0 Å². The molecule has 4 rings (SSSR count). The van der Waals surface area contributed by atoms with E-state index >= 15 is 0 Å². The maximum Gasteiger partial charge on any atom is 0.271 e. The number of carbonyl (C=O) groups excluding carboxylic acids is 1. The van der Waals surface area contributed by atoms with E-state index in [9.17, 15) is 4.79 Å². The van der Waals surface area contributed by atoms with E-state index < -0.39 is 0 Å². The van der Waals surface area contributed by atoms with Crippen LogP contribution in [0.3, 0.4) is 0 Å². The molecule has 0 unspecified atom stereocenters. The second-order valence-corrected chi connectivity index (χ2v) is 6.99. The van der Waals surface area contributed by atoms with E-state index in [0.29, 0.717) is 23.8 Å². The lowest BCUT2D eigenvalue weighted by atomic mass is 10.4. The van der Waals surface area contributed by atoms with Crippen LogP contribution in [-0.4, -0.2) is 50.0 Å². The van der Waals surface area contributed by atoms with Crippen LogP contribution in [0.4, 0.5) is 5.82 Å². The fraction of sp³-hybridized carbons (Fsp3) is 0.294. The summed E-state index contributed by atoms with van der Waals surface area (Å²) in [4.78, 5) is 27.3. The van der Waals surface area contributed by atoms with E-state index in [1.54, 1.807) is 41.8 Å². The van der Waals surface area contributed by atoms with Gasteiger partial charge in [0.2, 0.25) is 0 Å². The Hall–Kier alpha value is -2.81. The highest BCUT2D eigenvalue weighted by atomic mass is 32.2. The van der Waals surface area contributed by atoms with Crippen LogP contribution in [0.5, 0.6) is 0 Å². The van der Waals surface area contributed by atoms with Gasteiger partial charge in [-0.3, -0.25) is 9.36 Å². The number of anilines is 1. The molecule has 3 aromatic rings. The molecular weight excluding hydrogens is 352 g/mol. The number of hydrogen-bond donors (Lipinski definition) is 1. The van der Waals surface area contributed by atoms with Crippen LogP contribution in [0.1, 0.15) is 16.2 Å². The van der Waals surface area contributed by atoms with Gasteiger partial charge in [-0.15, -0.1) is 0 Å². The van der Waals surface area contributed by atoms with E-state index in [1.807, 2.05) is 17.8 Å². The van der Waals surface area contributed by atoms with E-state index in [4.69, 9.17) is 4.42 Å². The first-order valence-electron chi connectivity index (χ1n) is 8.29. The molecule has 1 N–H and O–H groups in total. The number of thioether (sulfide) groups is 1. The van der Waals surface area contributed by atoms with Crippen molar-refractivity contribution in [1.29, 1.82) is 0 Å². The third-order valence-electron chi connectivity index (χ3n) is 4.06. The summed E-state index contributed by atoms with van der Waals surface area (Å²) in [6, 6.07) is 5.51. The zero-order valence-corrected chi connectivity index (χ0v) is 14.9. The predicted molar refractivity (Wildman–Crippen MR) is 98.6 cm³/mol. The highest BCUT2D eigenvalue weighted by Crippen LogP contribution is 2.18. The number of nitrogens with zero attached hydrogens (tertiary/aromatic N) is 5. The first-order valence-corrected chi connectivity index (χ1v) is 9.45. The number of nitrogens with one attached hydrogen (secondary N) is 1. The molecule has 0 atom stereocenters. The number of aromatic nitrogens is 4. The van der Waals surface area contributed by atoms with Crippen molar-refractivity contribution in [3.8, 4) is 5.82 Å². The molecule has 0 radical (unpaired) electrons. The highest BCUT2D eigenvalue weighted by Gasteiger charge is 2.15. The van der Waals surface area contributed by atoms with Gasteiger partial charge < -0.3 is 14.6 Å². The first-order chi connectivity index (χ1) is 12.8. The smallest absolute Gasteiger partial charge is 0.271 e. The number of furan rings is 1. The minimum Gasteiger partial charge on any atom is -0.467 e. The monoisotopic (exact) mass is 370 g/mol. The molecule has 3 aromatic heterocycles. The Bertz CT molecular complexity index is 873. The van der Waals surface area contributed by atoms with Crippen molar-refractivity contribution in [2.24, 2.45) is 0 Å². The normalized spacial score (nSPS) is 14.4. The number of rotatable bonds is 5. The SMILES string of the molecule is O=C(NCc1ccco1)c1cn(-c2cc(N3CCSCC3)ncn2)cn1. The highest BCUT2D eigenvalue weighted by molar-refractivity contribution is 7.99. The molecule has 1 amide bonds. The molecular formula is C17H18N6O2S. The van der Waals surface area contributed by atoms with Gasteiger partial charge in [-0.25, -0.2) is 15.0 Å². The molecule has 1 aliphatic rings. The standard InChI is InChI=1S/C17H18N6O2S/c24-17(18-9-13-2-1-5-25-13)14-10-23(12-21-14)16-8-15(19-11-20-16)22-3-6-26-7-4-22/h1-2,5,8,10-12H,3-4,6-7,9H2,(H,18,24). The zero-order valence-electron chi connectivity index (χ0n) is 14.0. The molecule has 0 bridgehead atoms. The number of hydrogen-bond acceptors (Lipinski definition) is 7. The maximum atomic E-state index is 12.2. The van der Waals surface area contributed by atoms with Gasteiger partial charge in [-0.05, 0) is 12.1 Å². The zero-order chi connectivity index (χ0) is 17.8. The molecule has 0 spiro atoms. The summed E-state index contributed by atoms with van der Waals surface area (Å²) >= 11 is 1.95. The molecule has 4 heterocycles. The van der Waals surface area contributed by atoms with Gasteiger partial charge in [0.1, 0.15) is 35.7 Å². The first kappa shape index (κ1) is 16.6. The third kappa shape index (κ3) is 3.72. The topological polar surface area (TPSA) is 89.1 Å². The summed E-state index contributed by atoms with van der Waals surface area (Å²) in [6.45, 7) is 2.28. The average molecular weight is 370 g/mol.